The number of allylic oxidation sites excluding steroid dienone is 2. The minimum Gasteiger partial charge on any atom is -0.352 e. The molecule has 7 heteroatoms. The van der Waals surface area contributed by atoms with E-state index in [4.69, 9.17) is 0 Å². The van der Waals surface area contributed by atoms with Gasteiger partial charge in [-0.2, -0.15) is 18.3 Å². The Bertz CT molecular complexity index is 1220. The summed E-state index contributed by atoms with van der Waals surface area (Å²) < 4.78 is 44.2. The highest BCUT2D eigenvalue weighted by Crippen LogP contribution is 2.57. The molecule has 1 aromatic carbocycles. The number of aryl methyl sites for hydroxylation is 1. The van der Waals surface area contributed by atoms with Crippen LogP contribution in [0.2, 0.25) is 0 Å². The summed E-state index contributed by atoms with van der Waals surface area (Å²) in [4.78, 5) is 12.6. The second-order valence-corrected chi connectivity index (χ2v) is 11.4. The Balaban J connectivity index is 1.49. The zero-order chi connectivity index (χ0) is 25.8. The molecule has 1 fully saturated rings. The number of carbonyl (C=O) groups is 1. The maximum Gasteiger partial charge on any atom is 0.394 e. The van der Waals surface area contributed by atoms with Crippen LogP contribution in [-0.4, -0.2) is 27.9 Å². The normalized spacial score (nSPS) is 27.5. The lowest BCUT2D eigenvalue weighted by Crippen LogP contribution is -2.55. The highest BCUT2D eigenvalue weighted by molar-refractivity contribution is 5.76. The molecule has 36 heavy (non-hydrogen) atoms. The molecule has 3 aliphatic carbocycles. The summed E-state index contributed by atoms with van der Waals surface area (Å²) in [6, 6.07) is 7.30. The SMILES string of the molecule is Cc1ccc(-n2ncc3c2C=C2CC[C@H]4C(=CC[C@@H](C(F)(F)F)[C@@H]4NC(=O)CC(C)C)[C@@]2(C)C3)cc1. The number of halogens is 3. The summed E-state index contributed by atoms with van der Waals surface area (Å²) >= 11 is 0. The Labute approximate surface area is 210 Å². The lowest BCUT2D eigenvalue weighted by atomic mass is 9.55. The molecule has 3 aliphatic rings. The van der Waals surface area contributed by atoms with Crippen molar-refractivity contribution in [2.45, 2.75) is 72.0 Å². The fourth-order valence-corrected chi connectivity index (χ4v) is 6.49. The van der Waals surface area contributed by atoms with Gasteiger partial charge in [0.2, 0.25) is 5.91 Å². The van der Waals surface area contributed by atoms with E-state index in [1.165, 1.54) is 11.1 Å². The number of nitrogens with one attached hydrogen (secondary N) is 1. The van der Waals surface area contributed by atoms with Gasteiger partial charge in [-0.3, -0.25) is 4.79 Å². The van der Waals surface area contributed by atoms with Crippen LogP contribution in [0.4, 0.5) is 13.2 Å². The molecule has 0 bridgehead atoms. The summed E-state index contributed by atoms with van der Waals surface area (Å²) in [7, 11) is 0. The number of carbonyl (C=O) groups excluding carboxylic acids is 1. The second kappa shape index (κ2) is 8.93. The molecular weight excluding hydrogens is 463 g/mol. The van der Waals surface area contributed by atoms with Crippen LogP contribution < -0.4 is 5.32 Å². The van der Waals surface area contributed by atoms with Crippen molar-refractivity contribution in [2.75, 3.05) is 0 Å². The zero-order valence-electron chi connectivity index (χ0n) is 21.3. The fourth-order valence-electron chi connectivity index (χ4n) is 6.49. The topological polar surface area (TPSA) is 46.9 Å². The number of hydrogen-bond donors (Lipinski definition) is 1. The van der Waals surface area contributed by atoms with Crippen molar-refractivity contribution in [2.24, 2.45) is 23.2 Å². The molecule has 0 spiro atoms. The number of nitrogens with zero attached hydrogens (tertiary/aromatic N) is 2. The highest BCUT2D eigenvalue weighted by Gasteiger charge is 2.54. The Morgan fingerprint density at radius 1 is 1.25 bits per heavy atom. The summed E-state index contributed by atoms with van der Waals surface area (Å²) in [5, 5.41) is 7.50. The largest absolute Gasteiger partial charge is 0.394 e. The lowest BCUT2D eigenvalue weighted by molar-refractivity contribution is -0.187. The number of fused-ring (bicyclic) bond motifs is 4. The first-order valence-electron chi connectivity index (χ1n) is 12.9. The number of aromatic nitrogens is 2. The van der Waals surface area contributed by atoms with Crippen molar-refractivity contribution < 1.29 is 18.0 Å². The average Bonchev–Trinajstić information content (AvgIpc) is 3.18. The van der Waals surface area contributed by atoms with Crippen LogP contribution >= 0.6 is 0 Å². The third kappa shape index (κ3) is 4.31. The van der Waals surface area contributed by atoms with E-state index in [-0.39, 0.29) is 36.0 Å². The van der Waals surface area contributed by atoms with Crippen LogP contribution in [0, 0.1) is 30.1 Å². The molecule has 4 nitrogen and oxygen atoms in total. The third-order valence-corrected chi connectivity index (χ3v) is 8.29. The van der Waals surface area contributed by atoms with Crippen molar-refractivity contribution in [1.82, 2.24) is 15.1 Å². The Hall–Kier alpha value is -2.83. The minimum absolute atomic E-state index is 0.0909. The van der Waals surface area contributed by atoms with E-state index < -0.39 is 18.1 Å². The first-order chi connectivity index (χ1) is 17.0. The smallest absolute Gasteiger partial charge is 0.352 e. The van der Waals surface area contributed by atoms with Crippen molar-refractivity contribution in [3.63, 3.8) is 0 Å². The second-order valence-electron chi connectivity index (χ2n) is 11.4. The summed E-state index contributed by atoms with van der Waals surface area (Å²) in [6.45, 7) is 8.02. The lowest BCUT2D eigenvalue weighted by Gasteiger charge is -2.51. The van der Waals surface area contributed by atoms with Crippen molar-refractivity contribution >= 4 is 12.0 Å². The van der Waals surface area contributed by atoms with Crippen LogP contribution in [0.1, 0.15) is 63.3 Å². The van der Waals surface area contributed by atoms with Gasteiger partial charge in [0.25, 0.3) is 0 Å². The summed E-state index contributed by atoms with van der Waals surface area (Å²) in [5.74, 6) is -2.08. The van der Waals surface area contributed by atoms with Crippen LogP contribution in [-0.2, 0) is 11.2 Å². The van der Waals surface area contributed by atoms with Crippen LogP contribution in [0.15, 0.2) is 47.7 Å². The molecule has 1 N–H and O–H groups in total. The van der Waals surface area contributed by atoms with E-state index in [9.17, 15) is 18.0 Å². The average molecular weight is 498 g/mol. The van der Waals surface area contributed by atoms with Gasteiger partial charge in [-0.1, -0.05) is 55.7 Å². The molecular formula is C29H34F3N3O. The maximum absolute atomic E-state index is 14.1. The van der Waals surface area contributed by atoms with Crippen molar-refractivity contribution in [1.29, 1.82) is 0 Å². The zero-order valence-corrected chi connectivity index (χ0v) is 21.3. The van der Waals surface area contributed by atoms with E-state index in [0.717, 1.165) is 22.5 Å². The van der Waals surface area contributed by atoms with E-state index in [1.807, 2.05) is 37.7 Å². The molecule has 1 saturated carbocycles. The van der Waals surface area contributed by atoms with Gasteiger partial charge >= 0.3 is 6.18 Å². The Morgan fingerprint density at radius 3 is 2.64 bits per heavy atom. The van der Waals surface area contributed by atoms with Crippen molar-refractivity contribution in [3.8, 4) is 5.69 Å². The van der Waals surface area contributed by atoms with Gasteiger partial charge in [0.1, 0.15) is 0 Å². The maximum atomic E-state index is 14.1. The van der Waals surface area contributed by atoms with Gasteiger partial charge < -0.3 is 5.32 Å². The Morgan fingerprint density at radius 2 is 1.97 bits per heavy atom. The molecule has 0 radical (unpaired) electrons. The van der Waals surface area contributed by atoms with E-state index >= 15 is 0 Å². The number of benzene rings is 1. The molecule has 192 valence electrons. The highest BCUT2D eigenvalue weighted by atomic mass is 19.4. The predicted octanol–water partition coefficient (Wildman–Crippen LogP) is 6.58. The molecule has 1 amide bonds. The molecule has 1 heterocycles. The Kier molecular flexibility index (Phi) is 6.16. The number of amides is 1. The molecule has 0 unspecified atom stereocenters. The number of hydrogen-bond acceptors (Lipinski definition) is 2. The molecule has 1 aromatic heterocycles. The molecule has 4 atom stereocenters. The van der Waals surface area contributed by atoms with Crippen LogP contribution in [0.5, 0.6) is 0 Å². The van der Waals surface area contributed by atoms with E-state index in [0.29, 0.717) is 19.3 Å². The van der Waals surface area contributed by atoms with Gasteiger partial charge in [-0.25, -0.2) is 4.68 Å². The first-order valence-corrected chi connectivity index (χ1v) is 12.9. The molecule has 0 aliphatic heterocycles. The standard InChI is InChI=1S/C29H34F3N3O/c1-17(2)13-26(36)34-27-22-10-7-20-14-25-19(16-33-35(25)21-8-5-18(3)6-9-21)15-28(20,4)23(22)11-12-24(27)29(30,31)32/h5-6,8-9,11,14,16-17,22,24,27H,7,10,12-13,15H2,1-4H3,(H,34,36)/t22-,24+,27+,28-/m0/s1. The quantitative estimate of drug-likeness (QED) is 0.485. The van der Waals surface area contributed by atoms with Crippen molar-refractivity contribution in [3.05, 3.63) is 64.5 Å². The summed E-state index contributed by atoms with van der Waals surface area (Å²) in [5.41, 5.74) is 6.24. The number of rotatable bonds is 4. The minimum atomic E-state index is -4.36. The van der Waals surface area contributed by atoms with E-state index in [2.05, 4.69) is 47.7 Å². The van der Waals surface area contributed by atoms with Crippen LogP contribution in [0.25, 0.3) is 11.8 Å². The molecule has 5 rings (SSSR count). The van der Waals surface area contributed by atoms with E-state index in [1.54, 1.807) is 0 Å². The first kappa shape index (κ1) is 24.8. The third-order valence-electron chi connectivity index (χ3n) is 8.29. The predicted molar refractivity (Wildman–Crippen MR) is 134 cm³/mol. The fraction of sp³-hybridized carbons (Fsp3) is 0.517. The molecule has 2 aromatic rings. The van der Waals surface area contributed by atoms with Crippen LogP contribution in [0.3, 0.4) is 0 Å². The van der Waals surface area contributed by atoms with Gasteiger partial charge in [0, 0.05) is 23.8 Å². The molecule has 0 saturated heterocycles. The summed E-state index contributed by atoms with van der Waals surface area (Å²) in [6.07, 6.45) is 3.70. The monoisotopic (exact) mass is 497 g/mol. The van der Waals surface area contributed by atoms with Gasteiger partial charge in [0.15, 0.2) is 0 Å². The van der Waals surface area contributed by atoms with Gasteiger partial charge in [0.05, 0.1) is 23.5 Å². The van der Waals surface area contributed by atoms with Gasteiger partial charge in [-0.05, 0) is 62.3 Å². The number of alkyl halides is 3. The van der Waals surface area contributed by atoms with Gasteiger partial charge in [-0.15, -0.1) is 0 Å².